The number of carbonyl (C=O) groups excluding carboxylic acids is 2. The largest absolute Gasteiger partial charge is 0.497 e. The number of methoxy groups -OCH3 is 1. The van der Waals surface area contributed by atoms with Crippen molar-refractivity contribution in [2.75, 3.05) is 18.6 Å². The van der Waals surface area contributed by atoms with Gasteiger partial charge in [0, 0.05) is 34.3 Å². The molecule has 2 heterocycles. The first-order valence-electron chi connectivity index (χ1n) is 10.3. The molecule has 2 aromatic carbocycles. The van der Waals surface area contributed by atoms with Crippen LogP contribution in [0, 0.1) is 6.92 Å². The molecule has 0 N–H and O–H groups in total. The van der Waals surface area contributed by atoms with E-state index in [9.17, 15) is 9.59 Å². The summed E-state index contributed by atoms with van der Waals surface area (Å²) in [6, 6.07) is 16.3. The number of thiophene rings is 1. The minimum absolute atomic E-state index is 0.0386. The van der Waals surface area contributed by atoms with Crippen molar-refractivity contribution in [2.45, 2.75) is 20.4 Å². The van der Waals surface area contributed by atoms with Crippen molar-refractivity contribution >= 4 is 50.5 Å². The van der Waals surface area contributed by atoms with Crippen molar-refractivity contribution in [3.8, 4) is 5.75 Å². The van der Waals surface area contributed by atoms with Crippen molar-refractivity contribution in [3.63, 3.8) is 0 Å². The van der Waals surface area contributed by atoms with Gasteiger partial charge in [0.25, 0.3) is 0 Å². The predicted octanol–water partition coefficient (Wildman–Crippen LogP) is 5.96. The number of rotatable bonds is 7. The highest BCUT2D eigenvalue weighted by molar-refractivity contribution is 7.14. The van der Waals surface area contributed by atoms with E-state index >= 15 is 0 Å². The molecule has 0 spiro atoms. The van der Waals surface area contributed by atoms with E-state index in [4.69, 9.17) is 16.3 Å². The van der Waals surface area contributed by atoms with E-state index in [0.29, 0.717) is 28.4 Å². The Bertz CT molecular complexity index is 1280. The van der Waals surface area contributed by atoms with Crippen LogP contribution in [-0.2, 0) is 11.3 Å². The van der Waals surface area contributed by atoms with E-state index in [1.54, 1.807) is 36.3 Å². The van der Waals surface area contributed by atoms with E-state index < -0.39 is 0 Å². The van der Waals surface area contributed by atoms with E-state index in [1.807, 2.05) is 54.1 Å². The number of fused-ring (bicyclic) bond motifs is 1. The van der Waals surface area contributed by atoms with Crippen LogP contribution in [0.1, 0.15) is 28.5 Å². The lowest BCUT2D eigenvalue weighted by atomic mass is 10.0. The van der Waals surface area contributed by atoms with E-state index in [-0.39, 0.29) is 18.2 Å². The molecule has 5 nitrogen and oxygen atoms in total. The van der Waals surface area contributed by atoms with E-state index in [1.165, 1.54) is 11.3 Å². The highest BCUT2D eigenvalue weighted by atomic mass is 35.5. The molecule has 0 saturated heterocycles. The number of benzene rings is 2. The van der Waals surface area contributed by atoms with Gasteiger partial charge in [-0.15, -0.1) is 11.3 Å². The van der Waals surface area contributed by atoms with Crippen LogP contribution in [0.25, 0.3) is 10.9 Å². The van der Waals surface area contributed by atoms with Gasteiger partial charge in [0.1, 0.15) is 12.3 Å². The van der Waals surface area contributed by atoms with Crippen LogP contribution >= 0.6 is 22.9 Å². The standard InChI is InChI=1S/C25H23ClN2O3S/c1-4-27(23-6-5-13-32-23)22(29)15-28-16(2)24(20-12-11-19(31-3)14-21(20)28)25(30)17-7-9-18(26)10-8-17/h5-14H,4,15H2,1-3H3. The number of carbonyl (C=O) groups is 2. The van der Waals surface area contributed by atoms with Gasteiger partial charge >= 0.3 is 0 Å². The molecule has 4 aromatic rings. The van der Waals surface area contributed by atoms with Crippen molar-refractivity contribution in [1.82, 2.24) is 4.57 Å². The second kappa shape index (κ2) is 9.18. The number of amides is 1. The van der Waals surface area contributed by atoms with Crippen LogP contribution in [0.15, 0.2) is 60.0 Å². The van der Waals surface area contributed by atoms with Gasteiger partial charge in [-0.05, 0) is 67.8 Å². The summed E-state index contributed by atoms with van der Waals surface area (Å²) in [6.07, 6.45) is 0. The Hall–Kier alpha value is -3.09. The third-order valence-electron chi connectivity index (χ3n) is 5.55. The quantitative estimate of drug-likeness (QED) is 0.316. The number of hydrogen-bond acceptors (Lipinski definition) is 4. The molecule has 0 aliphatic carbocycles. The molecule has 0 atom stereocenters. The number of aromatic nitrogens is 1. The Morgan fingerprint density at radius 3 is 2.50 bits per heavy atom. The number of nitrogens with zero attached hydrogens (tertiary/aromatic N) is 2. The van der Waals surface area contributed by atoms with Crippen LogP contribution in [-0.4, -0.2) is 29.9 Å². The third kappa shape index (κ3) is 4.04. The molecule has 7 heteroatoms. The molecule has 164 valence electrons. The zero-order valence-corrected chi connectivity index (χ0v) is 19.7. The van der Waals surface area contributed by atoms with Crippen molar-refractivity contribution in [3.05, 3.63) is 81.8 Å². The second-order valence-electron chi connectivity index (χ2n) is 7.35. The van der Waals surface area contributed by atoms with Crippen molar-refractivity contribution in [2.24, 2.45) is 0 Å². The molecule has 0 unspecified atom stereocenters. The first-order chi connectivity index (χ1) is 15.4. The van der Waals surface area contributed by atoms with Crippen LogP contribution < -0.4 is 9.64 Å². The Kier molecular flexibility index (Phi) is 6.35. The molecule has 0 saturated carbocycles. The average Bonchev–Trinajstić information content (AvgIpc) is 3.41. The molecule has 2 aromatic heterocycles. The van der Waals surface area contributed by atoms with Crippen LogP contribution in [0.3, 0.4) is 0 Å². The fraction of sp³-hybridized carbons (Fsp3) is 0.200. The minimum atomic E-state index is -0.105. The Labute approximate surface area is 195 Å². The van der Waals surface area contributed by atoms with Gasteiger partial charge in [0.2, 0.25) is 5.91 Å². The summed E-state index contributed by atoms with van der Waals surface area (Å²) < 4.78 is 7.31. The Morgan fingerprint density at radius 1 is 1.12 bits per heavy atom. The summed E-state index contributed by atoms with van der Waals surface area (Å²) in [6.45, 7) is 4.52. The van der Waals surface area contributed by atoms with Gasteiger partial charge in [-0.1, -0.05) is 11.6 Å². The third-order valence-corrected chi connectivity index (χ3v) is 6.69. The summed E-state index contributed by atoms with van der Waals surface area (Å²) in [4.78, 5) is 28.5. The average molecular weight is 467 g/mol. The summed E-state index contributed by atoms with van der Waals surface area (Å²) in [5.74, 6) is 0.522. The van der Waals surface area contributed by atoms with Crippen LogP contribution in [0.4, 0.5) is 5.00 Å². The number of ether oxygens (including phenoxy) is 1. The maximum absolute atomic E-state index is 13.4. The number of anilines is 1. The lowest BCUT2D eigenvalue weighted by Crippen LogP contribution is -2.33. The molecule has 0 aliphatic heterocycles. The monoisotopic (exact) mass is 466 g/mol. The molecule has 0 bridgehead atoms. The second-order valence-corrected chi connectivity index (χ2v) is 8.72. The topological polar surface area (TPSA) is 51.5 Å². The highest BCUT2D eigenvalue weighted by Gasteiger charge is 2.24. The van der Waals surface area contributed by atoms with Gasteiger partial charge < -0.3 is 14.2 Å². The first kappa shape index (κ1) is 22.1. The molecular formula is C25H23ClN2O3S. The van der Waals surface area contributed by atoms with Crippen molar-refractivity contribution < 1.29 is 14.3 Å². The number of halogens is 1. The Morgan fingerprint density at radius 2 is 1.88 bits per heavy atom. The minimum Gasteiger partial charge on any atom is -0.497 e. The summed E-state index contributed by atoms with van der Waals surface area (Å²) in [7, 11) is 1.60. The maximum Gasteiger partial charge on any atom is 0.247 e. The smallest absolute Gasteiger partial charge is 0.247 e. The fourth-order valence-corrected chi connectivity index (χ4v) is 4.86. The predicted molar refractivity (Wildman–Crippen MR) is 130 cm³/mol. The van der Waals surface area contributed by atoms with Gasteiger partial charge in [0.15, 0.2) is 5.78 Å². The molecule has 0 radical (unpaired) electrons. The Balaban J connectivity index is 1.81. The molecule has 1 amide bonds. The number of hydrogen-bond donors (Lipinski definition) is 0. The molecule has 32 heavy (non-hydrogen) atoms. The number of likely N-dealkylation sites (N-methyl/N-ethyl adjacent to an activating group) is 1. The summed E-state index contributed by atoms with van der Waals surface area (Å²) in [5.41, 5.74) is 2.66. The zero-order chi connectivity index (χ0) is 22.8. The highest BCUT2D eigenvalue weighted by Crippen LogP contribution is 2.32. The fourth-order valence-electron chi connectivity index (χ4n) is 3.92. The molecule has 4 rings (SSSR count). The van der Waals surface area contributed by atoms with Gasteiger partial charge in [0.05, 0.1) is 23.2 Å². The zero-order valence-electron chi connectivity index (χ0n) is 18.1. The summed E-state index contributed by atoms with van der Waals surface area (Å²) >= 11 is 7.53. The van der Waals surface area contributed by atoms with Gasteiger partial charge in [-0.2, -0.15) is 0 Å². The first-order valence-corrected chi connectivity index (χ1v) is 11.5. The van der Waals surface area contributed by atoms with Gasteiger partial charge in [-0.25, -0.2) is 0 Å². The maximum atomic E-state index is 13.4. The lowest BCUT2D eigenvalue weighted by Gasteiger charge is -2.20. The summed E-state index contributed by atoms with van der Waals surface area (Å²) in [5, 5.41) is 4.22. The van der Waals surface area contributed by atoms with Crippen LogP contribution in [0.5, 0.6) is 5.75 Å². The van der Waals surface area contributed by atoms with E-state index in [0.717, 1.165) is 21.6 Å². The lowest BCUT2D eigenvalue weighted by molar-refractivity contribution is -0.119. The van der Waals surface area contributed by atoms with Crippen molar-refractivity contribution in [1.29, 1.82) is 0 Å². The molecular weight excluding hydrogens is 444 g/mol. The molecule has 0 fully saturated rings. The van der Waals surface area contributed by atoms with Gasteiger partial charge in [-0.3, -0.25) is 9.59 Å². The molecule has 0 aliphatic rings. The SMILES string of the molecule is CCN(C(=O)Cn1c(C)c(C(=O)c2ccc(Cl)cc2)c2ccc(OC)cc21)c1cccs1. The normalized spacial score (nSPS) is 11.0. The van der Waals surface area contributed by atoms with E-state index in [2.05, 4.69) is 0 Å². The number of ketones is 1. The van der Waals surface area contributed by atoms with Crippen LogP contribution in [0.2, 0.25) is 5.02 Å².